The summed E-state index contributed by atoms with van der Waals surface area (Å²) >= 11 is 0. The topological polar surface area (TPSA) is 150 Å². The van der Waals surface area contributed by atoms with E-state index < -0.39 is 23.9 Å². The molecular weight excluding hydrogens is 406 g/mol. The Balaban J connectivity index is 2.54. The number of rotatable bonds is 8. The van der Waals surface area contributed by atoms with Gasteiger partial charge in [0.1, 0.15) is 11.4 Å². The SMILES string of the molecule is COC(=O)C(Nc1ccc(C(=N)N)cc1)c1cc(OC)c(OC)c(C(=O)OC(C)=O)c1. The summed E-state index contributed by atoms with van der Waals surface area (Å²) in [7, 11) is 3.92. The molecule has 2 aromatic carbocycles. The molecule has 10 heteroatoms. The third-order valence-electron chi connectivity index (χ3n) is 4.23. The van der Waals surface area contributed by atoms with Crippen LogP contribution in [0.25, 0.3) is 0 Å². The highest BCUT2D eigenvalue weighted by Crippen LogP contribution is 2.36. The molecule has 0 saturated heterocycles. The number of hydrogen-bond donors (Lipinski definition) is 3. The van der Waals surface area contributed by atoms with Gasteiger partial charge in [0.2, 0.25) is 0 Å². The second kappa shape index (κ2) is 10.1. The van der Waals surface area contributed by atoms with Gasteiger partial charge in [-0.3, -0.25) is 10.2 Å². The maximum Gasteiger partial charge on any atom is 0.349 e. The summed E-state index contributed by atoms with van der Waals surface area (Å²) in [6, 6.07) is 8.31. The van der Waals surface area contributed by atoms with Crippen LogP contribution in [0.1, 0.15) is 34.5 Å². The molecule has 0 fully saturated rings. The Hall–Kier alpha value is -4.08. The number of hydrogen-bond acceptors (Lipinski definition) is 9. The fourth-order valence-corrected chi connectivity index (χ4v) is 2.80. The van der Waals surface area contributed by atoms with E-state index in [-0.39, 0.29) is 22.9 Å². The van der Waals surface area contributed by atoms with Gasteiger partial charge in [-0.2, -0.15) is 0 Å². The van der Waals surface area contributed by atoms with Crippen LogP contribution < -0.4 is 20.5 Å². The van der Waals surface area contributed by atoms with Crippen molar-refractivity contribution in [2.24, 2.45) is 5.73 Å². The molecule has 1 atom stereocenters. The number of nitrogens with one attached hydrogen (secondary N) is 2. The van der Waals surface area contributed by atoms with Crippen LogP contribution >= 0.6 is 0 Å². The molecular formula is C21H23N3O7. The molecule has 0 spiro atoms. The maximum absolute atomic E-state index is 12.5. The number of methoxy groups -OCH3 is 3. The molecule has 4 N–H and O–H groups in total. The quantitative estimate of drug-likeness (QED) is 0.248. The minimum absolute atomic E-state index is 0.0481. The molecule has 31 heavy (non-hydrogen) atoms. The van der Waals surface area contributed by atoms with Crippen LogP contribution in [-0.4, -0.2) is 45.1 Å². The van der Waals surface area contributed by atoms with E-state index in [1.165, 1.54) is 33.5 Å². The molecule has 0 heterocycles. The first-order valence-electron chi connectivity index (χ1n) is 8.99. The van der Waals surface area contributed by atoms with Crippen LogP contribution in [0, 0.1) is 5.41 Å². The minimum Gasteiger partial charge on any atom is -0.493 e. The fraction of sp³-hybridized carbons (Fsp3) is 0.238. The Morgan fingerprint density at radius 2 is 1.68 bits per heavy atom. The summed E-state index contributed by atoms with van der Waals surface area (Å²) in [6.07, 6.45) is 0. The maximum atomic E-state index is 12.5. The van der Waals surface area contributed by atoms with E-state index in [1.54, 1.807) is 24.3 Å². The zero-order chi connectivity index (χ0) is 23.1. The van der Waals surface area contributed by atoms with E-state index in [4.69, 9.17) is 25.4 Å². The molecule has 2 rings (SSSR count). The lowest BCUT2D eigenvalue weighted by atomic mass is 10.0. The highest BCUT2D eigenvalue weighted by molar-refractivity contribution is 6.00. The van der Waals surface area contributed by atoms with Gasteiger partial charge in [0.25, 0.3) is 0 Å². The summed E-state index contributed by atoms with van der Waals surface area (Å²) in [4.78, 5) is 36.2. The molecule has 0 aliphatic carbocycles. The van der Waals surface area contributed by atoms with Gasteiger partial charge in [0, 0.05) is 18.2 Å². The molecule has 2 aromatic rings. The fourth-order valence-electron chi connectivity index (χ4n) is 2.80. The van der Waals surface area contributed by atoms with E-state index in [2.05, 4.69) is 10.1 Å². The first-order valence-corrected chi connectivity index (χ1v) is 8.99. The predicted molar refractivity (Wildman–Crippen MR) is 111 cm³/mol. The van der Waals surface area contributed by atoms with Crippen molar-refractivity contribution in [3.8, 4) is 11.5 Å². The molecule has 0 aliphatic heterocycles. The van der Waals surface area contributed by atoms with E-state index in [1.807, 2.05) is 0 Å². The average molecular weight is 429 g/mol. The third kappa shape index (κ3) is 5.50. The third-order valence-corrected chi connectivity index (χ3v) is 4.23. The number of amidine groups is 1. The lowest BCUT2D eigenvalue weighted by molar-refractivity contribution is -0.141. The number of nitrogen functional groups attached to an aromatic ring is 1. The lowest BCUT2D eigenvalue weighted by Crippen LogP contribution is -2.23. The molecule has 0 radical (unpaired) electrons. The number of carbonyl (C=O) groups is 3. The monoisotopic (exact) mass is 429 g/mol. The van der Waals surface area contributed by atoms with Gasteiger partial charge in [-0.25, -0.2) is 9.59 Å². The van der Waals surface area contributed by atoms with Gasteiger partial charge >= 0.3 is 17.9 Å². The number of esters is 3. The average Bonchev–Trinajstić information content (AvgIpc) is 2.75. The molecule has 0 bridgehead atoms. The highest BCUT2D eigenvalue weighted by atomic mass is 16.6. The lowest BCUT2D eigenvalue weighted by Gasteiger charge is -2.21. The van der Waals surface area contributed by atoms with Crippen LogP contribution in [0.5, 0.6) is 11.5 Å². The zero-order valence-electron chi connectivity index (χ0n) is 17.5. The minimum atomic E-state index is -1.04. The van der Waals surface area contributed by atoms with E-state index >= 15 is 0 Å². The van der Waals surface area contributed by atoms with Crippen LogP contribution in [0.2, 0.25) is 0 Å². The molecule has 10 nitrogen and oxygen atoms in total. The largest absolute Gasteiger partial charge is 0.493 e. The smallest absolute Gasteiger partial charge is 0.349 e. The first kappa shape index (κ1) is 23.2. The predicted octanol–water partition coefficient (Wildman–Crippen LogP) is 2.02. The van der Waals surface area contributed by atoms with E-state index in [0.717, 1.165) is 6.92 Å². The molecule has 164 valence electrons. The van der Waals surface area contributed by atoms with E-state index in [0.29, 0.717) is 16.8 Å². The van der Waals surface area contributed by atoms with Crippen molar-refractivity contribution in [1.82, 2.24) is 0 Å². The summed E-state index contributed by atoms with van der Waals surface area (Å²) < 4.78 is 20.1. The Labute approximate surface area is 178 Å². The van der Waals surface area contributed by atoms with Gasteiger partial charge < -0.3 is 30.0 Å². The Bertz CT molecular complexity index is 1000. The Morgan fingerprint density at radius 1 is 1.03 bits per heavy atom. The van der Waals surface area contributed by atoms with E-state index in [9.17, 15) is 14.4 Å². The number of benzene rings is 2. The van der Waals surface area contributed by atoms with Gasteiger partial charge in [-0.15, -0.1) is 0 Å². The molecule has 0 aromatic heterocycles. The molecule has 0 saturated carbocycles. The Morgan fingerprint density at radius 3 is 2.16 bits per heavy atom. The Kier molecular flexibility index (Phi) is 7.56. The standard InChI is InChI=1S/C21H23N3O7/c1-11(25)31-20(26)15-9-13(10-16(28-2)18(15)29-3)17(21(27)30-4)24-14-7-5-12(6-8-14)19(22)23/h5-10,17,24H,1-4H3,(H3,22,23). The van der Waals surface area contributed by atoms with Gasteiger partial charge in [0.05, 0.1) is 21.3 Å². The summed E-state index contributed by atoms with van der Waals surface area (Å²) in [5.41, 5.74) is 6.70. The second-order valence-electron chi connectivity index (χ2n) is 6.28. The van der Waals surface area contributed by atoms with Crippen molar-refractivity contribution in [1.29, 1.82) is 5.41 Å². The molecule has 0 aliphatic rings. The van der Waals surface area contributed by atoms with Crippen molar-refractivity contribution in [3.05, 3.63) is 53.1 Å². The number of nitrogens with two attached hydrogens (primary N) is 1. The zero-order valence-corrected chi connectivity index (χ0v) is 17.5. The van der Waals surface area contributed by atoms with Crippen molar-refractivity contribution in [3.63, 3.8) is 0 Å². The van der Waals surface area contributed by atoms with Crippen LogP contribution in [0.4, 0.5) is 5.69 Å². The summed E-state index contributed by atoms with van der Waals surface area (Å²) in [5.74, 6) is -2.30. The van der Waals surface area contributed by atoms with Crippen molar-refractivity contribution < 1.29 is 33.3 Å². The highest BCUT2D eigenvalue weighted by Gasteiger charge is 2.28. The summed E-state index contributed by atoms with van der Waals surface area (Å²) in [5, 5.41) is 10.5. The molecule has 1 unspecified atom stereocenters. The molecule has 0 amide bonds. The number of carbonyl (C=O) groups excluding carboxylic acids is 3. The van der Waals surface area contributed by atoms with Crippen LogP contribution in [0.3, 0.4) is 0 Å². The van der Waals surface area contributed by atoms with Gasteiger partial charge in [-0.1, -0.05) is 0 Å². The summed E-state index contributed by atoms with van der Waals surface area (Å²) in [6.45, 7) is 1.09. The van der Waals surface area contributed by atoms with Crippen molar-refractivity contribution in [2.45, 2.75) is 13.0 Å². The first-order chi connectivity index (χ1) is 14.7. The van der Waals surface area contributed by atoms with Crippen molar-refractivity contribution >= 4 is 29.4 Å². The second-order valence-corrected chi connectivity index (χ2v) is 6.28. The number of anilines is 1. The van der Waals surface area contributed by atoms with Crippen LogP contribution in [-0.2, 0) is 19.1 Å². The van der Waals surface area contributed by atoms with Gasteiger partial charge in [-0.05, 0) is 42.0 Å². The van der Waals surface area contributed by atoms with Crippen LogP contribution in [0.15, 0.2) is 36.4 Å². The van der Waals surface area contributed by atoms with Gasteiger partial charge in [0.15, 0.2) is 17.5 Å². The number of ether oxygens (including phenoxy) is 4. The normalized spacial score (nSPS) is 11.1. The van der Waals surface area contributed by atoms with Crippen molar-refractivity contribution in [2.75, 3.05) is 26.6 Å².